The summed E-state index contributed by atoms with van der Waals surface area (Å²) in [6, 6.07) is 2.80. The average Bonchev–Trinajstić information content (AvgIpc) is 2.58. The number of aromatic amines is 1. The van der Waals surface area contributed by atoms with Crippen molar-refractivity contribution in [3.63, 3.8) is 0 Å². The van der Waals surface area contributed by atoms with E-state index in [1.807, 2.05) is 0 Å². The third-order valence-electron chi connectivity index (χ3n) is 2.60. The van der Waals surface area contributed by atoms with Crippen LogP contribution in [0.5, 0.6) is 0 Å². The Labute approximate surface area is 73.4 Å². The predicted octanol–water partition coefficient (Wildman–Crippen LogP) is 2.06. The minimum absolute atomic E-state index is 0.582. The highest BCUT2D eigenvalue weighted by atomic mass is 15.0. The molecule has 1 fully saturated rings. The van der Waals surface area contributed by atoms with E-state index in [9.17, 15) is 0 Å². The number of hydrogen-bond acceptors (Lipinski definition) is 1. The zero-order chi connectivity index (χ0) is 8.55. The summed E-state index contributed by atoms with van der Waals surface area (Å²) >= 11 is 0. The topological polar surface area (TPSA) is 27.8 Å². The van der Waals surface area contributed by atoms with E-state index in [1.54, 1.807) is 0 Å². The minimum Gasteiger partial charge on any atom is -0.361 e. The largest absolute Gasteiger partial charge is 0.361 e. The fraction of sp³-hybridized carbons (Fsp3) is 0.600. The Morgan fingerprint density at radius 3 is 2.75 bits per heavy atom. The van der Waals surface area contributed by atoms with Gasteiger partial charge in [0.2, 0.25) is 0 Å². The van der Waals surface area contributed by atoms with Gasteiger partial charge in [-0.25, -0.2) is 0 Å². The molecule has 0 aromatic carbocycles. The maximum atomic E-state index is 3.50. The van der Waals surface area contributed by atoms with E-state index in [1.165, 1.54) is 36.3 Å². The molecule has 0 radical (unpaired) electrons. The number of aryl methyl sites for hydroxylation is 2. The molecule has 0 spiro atoms. The van der Waals surface area contributed by atoms with Gasteiger partial charge in [0.15, 0.2) is 0 Å². The van der Waals surface area contributed by atoms with Crippen LogP contribution in [0.4, 0.5) is 0 Å². The first-order valence-electron chi connectivity index (χ1n) is 4.67. The van der Waals surface area contributed by atoms with Gasteiger partial charge in [-0.3, -0.25) is 0 Å². The lowest BCUT2D eigenvalue weighted by Gasteiger charge is -2.08. The molecule has 1 atom stereocenters. The number of rotatable bonds is 1. The third-order valence-corrected chi connectivity index (χ3v) is 2.60. The lowest BCUT2D eigenvalue weighted by molar-refractivity contribution is 0.627. The molecule has 2 heterocycles. The molecule has 1 aromatic rings. The Balaban J connectivity index is 2.25. The second-order valence-electron chi connectivity index (χ2n) is 3.70. The van der Waals surface area contributed by atoms with Crippen LogP contribution in [0.3, 0.4) is 0 Å². The summed E-state index contributed by atoms with van der Waals surface area (Å²) in [6.45, 7) is 5.46. The molecule has 2 nitrogen and oxygen atoms in total. The van der Waals surface area contributed by atoms with E-state index < -0.39 is 0 Å². The smallest absolute Gasteiger partial charge is 0.0476 e. The third kappa shape index (κ3) is 1.27. The van der Waals surface area contributed by atoms with Crippen molar-refractivity contribution in [3.05, 3.63) is 23.0 Å². The van der Waals surface area contributed by atoms with Gasteiger partial charge in [-0.05, 0) is 44.9 Å². The molecule has 0 saturated carbocycles. The molecule has 1 aromatic heterocycles. The number of hydrogen-bond donors (Lipinski definition) is 2. The highest BCUT2D eigenvalue weighted by Crippen LogP contribution is 2.25. The molecule has 2 heteroatoms. The van der Waals surface area contributed by atoms with Gasteiger partial charge in [-0.15, -0.1) is 0 Å². The van der Waals surface area contributed by atoms with Crippen LogP contribution in [0.15, 0.2) is 6.07 Å². The molecule has 0 bridgehead atoms. The summed E-state index contributed by atoms with van der Waals surface area (Å²) in [5, 5.41) is 3.50. The van der Waals surface area contributed by atoms with E-state index in [4.69, 9.17) is 0 Å². The van der Waals surface area contributed by atoms with Crippen LogP contribution < -0.4 is 5.32 Å². The monoisotopic (exact) mass is 164 g/mol. The SMILES string of the molecule is Cc1cc(C)c(C2CCCN2)[nH]1. The van der Waals surface area contributed by atoms with Gasteiger partial charge in [-0.2, -0.15) is 0 Å². The van der Waals surface area contributed by atoms with Crippen molar-refractivity contribution in [1.82, 2.24) is 10.3 Å². The molecule has 1 aliphatic rings. The summed E-state index contributed by atoms with van der Waals surface area (Å²) in [7, 11) is 0. The van der Waals surface area contributed by atoms with Crippen molar-refractivity contribution in [1.29, 1.82) is 0 Å². The van der Waals surface area contributed by atoms with Crippen LogP contribution in [0.1, 0.15) is 35.8 Å². The molecule has 0 aliphatic carbocycles. The Bertz CT molecular complexity index is 269. The van der Waals surface area contributed by atoms with Crippen LogP contribution in [0.2, 0.25) is 0 Å². The fourth-order valence-corrected chi connectivity index (χ4v) is 2.04. The van der Waals surface area contributed by atoms with E-state index in [0.717, 1.165) is 0 Å². The normalized spacial score (nSPS) is 23.3. The van der Waals surface area contributed by atoms with Gasteiger partial charge in [-0.1, -0.05) is 0 Å². The van der Waals surface area contributed by atoms with E-state index >= 15 is 0 Å². The molecule has 2 rings (SSSR count). The molecule has 2 N–H and O–H groups in total. The van der Waals surface area contributed by atoms with Crippen molar-refractivity contribution >= 4 is 0 Å². The number of nitrogens with one attached hydrogen (secondary N) is 2. The standard InChI is InChI=1S/C10H16N2/c1-7-6-8(2)12-10(7)9-4-3-5-11-9/h6,9,11-12H,3-5H2,1-2H3. The summed E-state index contributed by atoms with van der Waals surface area (Å²) < 4.78 is 0. The first-order valence-corrected chi connectivity index (χ1v) is 4.67. The second-order valence-corrected chi connectivity index (χ2v) is 3.70. The van der Waals surface area contributed by atoms with Gasteiger partial charge in [0.05, 0.1) is 0 Å². The Kier molecular flexibility index (Phi) is 1.93. The summed E-state index contributed by atoms with van der Waals surface area (Å²) in [4.78, 5) is 3.42. The first kappa shape index (κ1) is 7.87. The van der Waals surface area contributed by atoms with E-state index in [0.29, 0.717) is 6.04 Å². The summed E-state index contributed by atoms with van der Waals surface area (Å²) in [6.07, 6.45) is 2.59. The van der Waals surface area contributed by atoms with Gasteiger partial charge >= 0.3 is 0 Å². The molecular weight excluding hydrogens is 148 g/mol. The van der Waals surface area contributed by atoms with Crippen LogP contribution in [0.25, 0.3) is 0 Å². The van der Waals surface area contributed by atoms with Gasteiger partial charge in [0, 0.05) is 17.4 Å². The number of aromatic nitrogens is 1. The summed E-state index contributed by atoms with van der Waals surface area (Å²) in [5.74, 6) is 0. The zero-order valence-corrected chi connectivity index (χ0v) is 7.78. The van der Waals surface area contributed by atoms with E-state index in [-0.39, 0.29) is 0 Å². The molecule has 12 heavy (non-hydrogen) atoms. The Hall–Kier alpha value is -0.760. The minimum atomic E-state index is 0.582. The average molecular weight is 164 g/mol. The van der Waals surface area contributed by atoms with Crippen molar-refractivity contribution in [2.45, 2.75) is 32.7 Å². The van der Waals surface area contributed by atoms with E-state index in [2.05, 4.69) is 30.2 Å². The van der Waals surface area contributed by atoms with Crippen molar-refractivity contribution < 1.29 is 0 Å². The predicted molar refractivity (Wildman–Crippen MR) is 50.2 cm³/mol. The molecule has 1 saturated heterocycles. The lowest BCUT2D eigenvalue weighted by Crippen LogP contribution is -2.14. The fourth-order valence-electron chi connectivity index (χ4n) is 2.04. The van der Waals surface area contributed by atoms with Crippen molar-refractivity contribution in [3.8, 4) is 0 Å². The molecule has 1 aliphatic heterocycles. The van der Waals surface area contributed by atoms with Gasteiger partial charge < -0.3 is 10.3 Å². The van der Waals surface area contributed by atoms with Crippen LogP contribution in [-0.4, -0.2) is 11.5 Å². The maximum Gasteiger partial charge on any atom is 0.0476 e. The zero-order valence-electron chi connectivity index (χ0n) is 7.78. The summed E-state index contributed by atoms with van der Waals surface area (Å²) in [5.41, 5.74) is 4.06. The quantitative estimate of drug-likeness (QED) is 0.653. The first-order chi connectivity index (χ1) is 5.77. The maximum absolute atomic E-state index is 3.50. The molecule has 1 unspecified atom stereocenters. The van der Waals surface area contributed by atoms with Gasteiger partial charge in [0.25, 0.3) is 0 Å². The number of H-pyrrole nitrogens is 1. The molecular formula is C10H16N2. The highest BCUT2D eigenvalue weighted by Gasteiger charge is 2.18. The van der Waals surface area contributed by atoms with Crippen molar-refractivity contribution in [2.24, 2.45) is 0 Å². The Morgan fingerprint density at radius 1 is 1.42 bits per heavy atom. The molecule has 0 amide bonds. The molecule has 66 valence electrons. The second kappa shape index (κ2) is 2.94. The Morgan fingerprint density at radius 2 is 2.25 bits per heavy atom. The van der Waals surface area contributed by atoms with Crippen LogP contribution in [0, 0.1) is 13.8 Å². The van der Waals surface area contributed by atoms with Crippen LogP contribution >= 0.6 is 0 Å². The van der Waals surface area contributed by atoms with Crippen molar-refractivity contribution in [2.75, 3.05) is 6.54 Å². The lowest BCUT2D eigenvalue weighted by atomic mass is 10.1. The highest BCUT2D eigenvalue weighted by molar-refractivity contribution is 5.26. The van der Waals surface area contributed by atoms with Gasteiger partial charge in [0.1, 0.15) is 0 Å². The van der Waals surface area contributed by atoms with Crippen LogP contribution in [-0.2, 0) is 0 Å².